The SMILES string of the molecule is CN(C)c1ccc2c(c1)-c1ccccc1C21c2ccccc2-c2ccccc21.CN(C)c1cccc2c1-c1ccccc1C21c2ccccc2-c2ccccc21.CN(C)c1cccc2c1C1(c3ccccc3-c3ccccc31)c1ccccc1-2. The first kappa shape index (κ1) is 49.8. The van der Waals surface area contributed by atoms with Gasteiger partial charge in [-0.15, -0.1) is 0 Å². The fraction of sp³-hybridized carbons (Fsp3) is 0.111. The van der Waals surface area contributed by atoms with Gasteiger partial charge < -0.3 is 14.7 Å². The average Bonchev–Trinajstić information content (AvgIpc) is 1.58. The number of rotatable bonds is 3. The molecule has 0 radical (unpaired) electrons. The topological polar surface area (TPSA) is 9.72 Å². The molecule has 6 aliphatic carbocycles. The van der Waals surface area contributed by atoms with Crippen molar-refractivity contribution in [1.82, 2.24) is 0 Å². The lowest BCUT2D eigenvalue weighted by Gasteiger charge is -2.33. The van der Waals surface area contributed by atoms with E-state index < -0.39 is 0 Å². The first-order valence-electron chi connectivity index (χ1n) is 29.5. The summed E-state index contributed by atoms with van der Waals surface area (Å²) in [6.45, 7) is 0. The minimum absolute atomic E-state index is 0.218. The fourth-order valence-corrected chi connectivity index (χ4v) is 16.4. The van der Waals surface area contributed by atoms with Gasteiger partial charge in [0.15, 0.2) is 0 Å². The van der Waals surface area contributed by atoms with E-state index in [2.05, 4.69) is 330 Å². The van der Waals surface area contributed by atoms with Gasteiger partial charge in [0.25, 0.3) is 0 Å². The van der Waals surface area contributed by atoms with E-state index in [-0.39, 0.29) is 16.2 Å². The maximum atomic E-state index is 2.35. The second kappa shape index (κ2) is 18.5. The highest BCUT2D eigenvalue weighted by molar-refractivity contribution is 6.01. The molecule has 0 bridgehead atoms. The monoisotopic (exact) mass is 1080 g/mol. The highest BCUT2D eigenvalue weighted by Crippen LogP contribution is 2.67. The predicted molar refractivity (Wildman–Crippen MR) is 351 cm³/mol. The summed E-state index contributed by atoms with van der Waals surface area (Å²) in [4.78, 5) is 6.68. The lowest BCUT2D eigenvalue weighted by molar-refractivity contribution is 0.789. The molecule has 18 rings (SSSR count). The van der Waals surface area contributed by atoms with Crippen LogP contribution in [0.5, 0.6) is 0 Å². The summed E-state index contributed by atoms with van der Waals surface area (Å²) in [6, 6.07) is 101. The van der Waals surface area contributed by atoms with Crippen LogP contribution in [0.4, 0.5) is 17.1 Å². The molecule has 84 heavy (non-hydrogen) atoms. The minimum Gasteiger partial charge on any atom is -0.378 e. The number of benzene rings is 12. The third-order valence-electron chi connectivity index (χ3n) is 19.5. The first-order valence-corrected chi connectivity index (χ1v) is 29.5. The molecule has 0 aliphatic heterocycles. The number of nitrogens with zero attached hydrogens (tertiary/aromatic N) is 3. The molecule has 3 spiro atoms. The quantitative estimate of drug-likeness (QED) is 0.175. The Bertz CT molecular complexity index is 4520. The van der Waals surface area contributed by atoms with E-state index in [1.807, 2.05) is 0 Å². The van der Waals surface area contributed by atoms with Crippen molar-refractivity contribution in [2.45, 2.75) is 16.2 Å². The predicted octanol–water partition coefficient (Wildman–Crippen LogP) is 18.3. The number of anilines is 3. The molecular formula is C81H63N3. The fourth-order valence-electron chi connectivity index (χ4n) is 16.4. The zero-order valence-corrected chi connectivity index (χ0v) is 48.3. The highest BCUT2D eigenvalue weighted by Gasteiger charge is 2.55. The van der Waals surface area contributed by atoms with Crippen LogP contribution >= 0.6 is 0 Å². The Labute approximate surface area is 494 Å². The van der Waals surface area contributed by atoms with Crippen LogP contribution in [0.25, 0.3) is 66.8 Å². The normalized spacial score (nSPS) is 14.4. The van der Waals surface area contributed by atoms with Crippen molar-refractivity contribution in [2.75, 3.05) is 57.0 Å². The maximum Gasteiger partial charge on any atom is 0.0745 e. The summed E-state index contributed by atoms with van der Waals surface area (Å²) < 4.78 is 0. The Morgan fingerprint density at radius 3 is 0.869 bits per heavy atom. The van der Waals surface area contributed by atoms with Crippen LogP contribution in [0.3, 0.4) is 0 Å². The summed E-state index contributed by atoms with van der Waals surface area (Å²) in [5.74, 6) is 0. The van der Waals surface area contributed by atoms with Crippen molar-refractivity contribution in [3.63, 3.8) is 0 Å². The van der Waals surface area contributed by atoms with Crippen molar-refractivity contribution in [1.29, 1.82) is 0 Å². The number of hydrogen-bond acceptors (Lipinski definition) is 3. The molecule has 0 unspecified atom stereocenters. The summed E-state index contributed by atoms with van der Waals surface area (Å²) in [7, 11) is 12.8. The van der Waals surface area contributed by atoms with Gasteiger partial charge in [0.1, 0.15) is 0 Å². The van der Waals surface area contributed by atoms with Crippen LogP contribution in [-0.4, -0.2) is 42.3 Å². The van der Waals surface area contributed by atoms with Crippen LogP contribution in [0.1, 0.15) is 66.8 Å². The molecule has 3 nitrogen and oxygen atoms in total. The highest BCUT2D eigenvalue weighted by atomic mass is 15.1. The van der Waals surface area contributed by atoms with Gasteiger partial charge in [-0.2, -0.15) is 0 Å². The third kappa shape index (κ3) is 6.42. The van der Waals surface area contributed by atoms with Crippen molar-refractivity contribution in [2.24, 2.45) is 0 Å². The molecule has 0 fully saturated rings. The van der Waals surface area contributed by atoms with Crippen LogP contribution < -0.4 is 14.7 Å². The average molecular weight is 1080 g/mol. The first-order chi connectivity index (χ1) is 41.2. The van der Waals surface area contributed by atoms with E-state index in [4.69, 9.17) is 0 Å². The molecule has 6 aliphatic rings. The molecule has 0 saturated carbocycles. The van der Waals surface area contributed by atoms with Crippen molar-refractivity contribution in [3.05, 3.63) is 340 Å². The van der Waals surface area contributed by atoms with E-state index >= 15 is 0 Å². The van der Waals surface area contributed by atoms with Crippen molar-refractivity contribution >= 4 is 17.1 Å². The molecule has 0 amide bonds. The van der Waals surface area contributed by atoms with Gasteiger partial charge in [-0.3, -0.25) is 0 Å². The van der Waals surface area contributed by atoms with Crippen LogP contribution in [0, 0.1) is 0 Å². The van der Waals surface area contributed by atoms with Gasteiger partial charge in [0.05, 0.1) is 16.2 Å². The Hall–Kier alpha value is -9.96. The molecule has 0 atom stereocenters. The van der Waals surface area contributed by atoms with E-state index in [1.165, 1.54) is 151 Å². The molecule has 0 aromatic heterocycles. The summed E-state index contributed by atoms with van der Waals surface area (Å²) >= 11 is 0. The number of fused-ring (bicyclic) bond motifs is 30. The van der Waals surface area contributed by atoms with Crippen molar-refractivity contribution < 1.29 is 0 Å². The molecule has 402 valence electrons. The molecule has 12 aromatic carbocycles. The molecule has 0 saturated heterocycles. The summed E-state index contributed by atoms with van der Waals surface area (Å²) in [5.41, 5.74) is 36.2. The molecule has 0 heterocycles. The van der Waals surface area contributed by atoms with Crippen molar-refractivity contribution in [3.8, 4) is 66.8 Å². The third-order valence-corrected chi connectivity index (χ3v) is 19.5. The standard InChI is InChI=1S/3C27H21N/c1-28(2)25-17-9-13-21-20-12-5-8-16-24(20)27(26(21)25)22-14-6-3-10-18(22)19-11-4-7-15-23(19)27;1-28(2)25-17-9-16-24-26(25)20-12-5-8-15-23(20)27(24)21-13-6-3-10-18(21)19-11-4-7-14-22(19)27;1-28(2)18-15-16-26-22(17-18)21-11-5-8-14-25(21)27(26)23-12-6-3-9-19(23)20-10-4-7-13-24(20)27/h3*3-17H,1-2H3. The van der Waals surface area contributed by atoms with Crippen LogP contribution in [0.15, 0.2) is 273 Å². The number of hydrogen-bond donors (Lipinski definition) is 0. The lowest BCUT2D eigenvalue weighted by atomic mass is 9.70. The molecular weight excluding hydrogens is 1010 g/mol. The zero-order valence-electron chi connectivity index (χ0n) is 48.3. The van der Waals surface area contributed by atoms with Gasteiger partial charge in [0, 0.05) is 70.5 Å². The smallest absolute Gasteiger partial charge is 0.0745 e. The lowest BCUT2D eigenvalue weighted by Crippen LogP contribution is -2.28. The Morgan fingerprint density at radius 1 is 0.202 bits per heavy atom. The molecule has 0 N–H and O–H groups in total. The largest absolute Gasteiger partial charge is 0.378 e. The van der Waals surface area contributed by atoms with E-state index in [9.17, 15) is 0 Å². The Morgan fingerprint density at radius 2 is 0.476 bits per heavy atom. The second-order valence-electron chi connectivity index (χ2n) is 24.0. The Balaban J connectivity index is 0.000000103. The molecule has 3 heteroatoms. The Kier molecular flexibility index (Phi) is 11.0. The van der Waals surface area contributed by atoms with Crippen LogP contribution in [0.2, 0.25) is 0 Å². The summed E-state index contributed by atoms with van der Waals surface area (Å²) in [6.07, 6.45) is 0. The van der Waals surface area contributed by atoms with Gasteiger partial charge >= 0.3 is 0 Å². The second-order valence-corrected chi connectivity index (χ2v) is 24.0. The van der Waals surface area contributed by atoms with E-state index in [0.29, 0.717) is 0 Å². The maximum absolute atomic E-state index is 2.35. The molecule has 12 aromatic rings. The van der Waals surface area contributed by atoms with Gasteiger partial charge in [-0.1, -0.05) is 249 Å². The van der Waals surface area contributed by atoms with Gasteiger partial charge in [-0.25, -0.2) is 0 Å². The minimum atomic E-state index is -0.250. The summed E-state index contributed by atoms with van der Waals surface area (Å²) in [5, 5.41) is 0. The van der Waals surface area contributed by atoms with E-state index in [1.54, 1.807) is 0 Å². The van der Waals surface area contributed by atoms with E-state index in [0.717, 1.165) is 0 Å². The zero-order chi connectivity index (χ0) is 56.6. The van der Waals surface area contributed by atoms with Gasteiger partial charge in [-0.05, 0) is 147 Å². The van der Waals surface area contributed by atoms with Gasteiger partial charge in [0.2, 0.25) is 0 Å². The van der Waals surface area contributed by atoms with Crippen LogP contribution in [-0.2, 0) is 16.2 Å².